The first-order chi connectivity index (χ1) is 9.91. The molecule has 0 radical (unpaired) electrons. The second kappa shape index (κ2) is 6.24. The van der Waals surface area contributed by atoms with Gasteiger partial charge in [0.1, 0.15) is 12.7 Å². The van der Waals surface area contributed by atoms with Gasteiger partial charge in [-0.05, 0) is 32.6 Å². The number of amides is 1. The first-order valence-corrected chi connectivity index (χ1v) is 7.25. The summed E-state index contributed by atoms with van der Waals surface area (Å²) in [7, 11) is 0. The summed E-state index contributed by atoms with van der Waals surface area (Å²) in [6.45, 7) is 5.22. The highest BCUT2D eigenvalue weighted by Crippen LogP contribution is 2.34. The van der Waals surface area contributed by atoms with Crippen molar-refractivity contribution in [2.24, 2.45) is 11.3 Å². The number of carbonyl (C=O) groups excluding carboxylic acids is 1. The third-order valence-corrected chi connectivity index (χ3v) is 4.37. The molecular weight excluding hydrogens is 272 g/mol. The van der Waals surface area contributed by atoms with Gasteiger partial charge in [0.25, 0.3) is 0 Å². The van der Waals surface area contributed by atoms with E-state index in [2.05, 4.69) is 10.1 Å². The maximum Gasteiger partial charge on any atom is 0.309 e. The van der Waals surface area contributed by atoms with Crippen LogP contribution in [-0.2, 0) is 16.1 Å². The highest BCUT2D eigenvalue weighted by Gasteiger charge is 2.39. The SMILES string of the molecule is CC(C)(C(=O)O)C1CCCN(C(=O)CCn2cncn2)C1. The van der Waals surface area contributed by atoms with Gasteiger partial charge in [0, 0.05) is 19.5 Å². The minimum atomic E-state index is -0.801. The van der Waals surface area contributed by atoms with Crippen molar-refractivity contribution >= 4 is 11.9 Å². The Hall–Kier alpha value is -1.92. The van der Waals surface area contributed by atoms with Crippen molar-refractivity contribution in [1.29, 1.82) is 0 Å². The van der Waals surface area contributed by atoms with Crippen molar-refractivity contribution in [2.45, 2.75) is 39.7 Å². The van der Waals surface area contributed by atoms with Crippen LogP contribution < -0.4 is 0 Å². The molecule has 7 nitrogen and oxygen atoms in total. The maximum atomic E-state index is 12.3. The predicted molar refractivity (Wildman–Crippen MR) is 75.4 cm³/mol. The van der Waals surface area contributed by atoms with Crippen molar-refractivity contribution in [1.82, 2.24) is 19.7 Å². The number of carbonyl (C=O) groups is 2. The predicted octanol–water partition coefficient (Wildman–Crippen LogP) is 1.02. The summed E-state index contributed by atoms with van der Waals surface area (Å²) in [5.74, 6) is -0.750. The van der Waals surface area contributed by atoms with Crippen molar-refractivity contribution in [3.05, 3.63) is 12.7 Å². The third-order valence-electron chi connectivity index (χ3n) is 4.37. The Morgan fingerprint density at radius 3 is 2.81 bits per heavy atom. The van der Waals surface area contributed by atoms with Gasteiger partial charge in [-0.25, -0.2) is 4.98 Å². The molecule has 1 aliphatic heterocycles. The van der Waals surface area contributed by atoms with Crippen molar-refractivity contribution in [2.75, 3.05) is 13.1 Å². The molecule has 1 aromatic heterocycles. The summed E-state index contributed by atoms with van der Waals surface area (Å²) in [6, 6.07) is 0. The van der Waals surface area contributed by atoms with Crippen LogP contribution in [0.4, 0.5) is 0 Å². The van der Waals surface area contributed by atoms with Crippen LogP contribution in [-0.4, -0.2) is 49.7 Å². The van der Waals surface area contributed by atoms with Crippen molar-refractivity contribution in [3.63, 3.8) is 0 Å². The summed E-state index contributed by atoms with van der Waals surface area (Å²) < 4.78 is 1.63. The van der Waals surface area contributed by atoms with Crippen LogP contribution >= 0.6 is 0 Å². The van der Waals surface area contributed by atoms with Gasteiger partial charge in [0.05, 0.1) is 12.0 Å². The van der Waals surface area contributed by atoms with E-state index in [-0.39, 0.29) is 11.8 Å². The zero-order valence-corrected chi connectivity index (χ0v) is 12.5. The lowest BCUT2D eigenvalue weighted by Crippen LogP contribution is -2.47. The smallest absolute Gasteiger partial charge is 0.309 e. The zero-order chi connectivity index (χ0) is 15.5. The molecule has 2 rings (SSSR count). The average Bonchev–Trinajstić information content (AvgIpc) is 2.98. The van der Waals surface area contributed by atoms with Crippen LogP contribution in [0.25, 0.3) is 0 Å². The fourth-order valence-corrected chi connectivity index (χ4v) is 2.68. The summed E-state index contributed by atoms with van der Waals surface area (Å²) in [4.78, 5) is 29.2. The van der Waals surface area contributed by atoms with Gasteiger partial charge >= 0.3 is 5.97 Å². The van der Waals surface area contributed by atoms with Crippen LogP contribution in [0.3, 0.4) is 0 Å². The molecule has 21 heavy (non-hydrogen) atoms. The fourth-order valence-electron chi connectivity index (χ4n) is 2.68. The molecule has 1 unspecified atom stereocenters. The Morgan fingerprint density at radius 2 is 2.19 bits per heavy atom. The van der Waals surface area contributed by atoms with Crippen LogP contribution in [0.5, 0.6) is 0 Å². The Morgan fingerprint density at radius 1 is 1.43 bits per heavy atom. The molecule has 0 aliphatic carbocycles. The molecule has 0 aromatic carbocycles. The summed E-state index contributed by atoms with van der Waals surface area (Å²) >= 11 is 0. The number of carboxylic acid groups (broad SMARTS) is 1. The number of nitrogens with zero attached hydrogens (tertiary/aromatic N) is 4. The Kier molecular flexibility index (Phi) is 4.59. The first-order valence-electron chi connectivity index (χ1n) is 7.25. The molecule has 1 saturated heterocycles. The lowest BCUT2D eigenvalue weighted by atomic mass is 9.74. The molecule has 1 atom stereocenters. The third kappa shape index (κ3) is 3.59. The van der Waals surface area contributed by atoms with E-state index in [0.717, 1.165) is 12.8 Å². The van der Waals surface area contributed by atoms with Crippen LogP contribution in [0, 0.1) is 11.3 Å². The Balaban J connectivity index is 1.91. The lowest BCUT2D eigenvalue weighted by Gasteiger charge is -2.39. The quantitative estimate of drug-likeness (QED) is 0.875. The van der Waals surface area contributed by atoms with E-state index in [1.54, 1.807) is 29.8 Å². The largest absolute Gasteiger partial charge is 0.481 e. The average molecular weight is 294 g/mol. The number of likely N-dealkylation sites (tertiary alicyclic amines) is 1. The number of rotatable bonds is 5. The molecule has 7 heteroatoms. The molecule has 2 heterocycles. The fraction of sp³-hybridized carbons (Fsp3) is 0.714. The van der Waals surface area contributed by atoms with Gasteiger partial charge in [-0.3, -0.25) is 14.3 Å². The van der Waals surface area contributed by atoms with Crippen LogP contribution in [0.2, 0.25) is 0 Å². The highest BCUT2D eigenvalue weighted by molar-refractivity contribution is 5.77. The van der Waals surface area contributed by atoms with Gasteiger partial charge in [-0.1, -0.05) is 0 Å². The molecule has 0 spiro atoms. The van der Waals surface area contributed by atoms with E-state index in [0.29, 0.717) is 26.1 Å². The lowest BCUT2D eigenvalue weighted by molar-refractivity contribution is -0.153. The summed E-state index contributed by atoms with van der Waals surface area (Å²) in [5, 5.41) is 13.3. The summed E-state index contributed by atoms with van der Waals surface area (Å²) in [6.07, 6.45) is 5.10. The van der Waals surface area contributed by atoms with Gasteiger partial charge in [-0.2, -0.15) is 5.10 Å². The Bertz CT molecular complexity index is 498. The number of carboxylic acids is 1. The molecule has 0 bridgehead atoms. The minimum absolute atomic E-state index is 0.000861. The van der Waals surface area contributed by atoms with E-state index < -0.39 is 11.4 Å². The van der Waals surface area contributed by atoms with Gasteiger partial charge in [0.2, 0.25) is 5.91 Å². The molecule has 1 N–H and O–H groups in total. The van der Waals surface area contributed by atoms with Crippen LogP contribution in [0.15, 0.2) is 12.7 Å². The first kappa shape index (κ1) is 15.5. The van der Waals surface area contributed by atoms with E-state index in [9.17, 15) is 14.7 Å². The number of aryl methyl sites for hydroxylation is 1. The van der Waals surface area contributed by atoms with E-state index in [1.165, 1.54) is 6.33 Å². The molecule has 116 valence electrons. The van der Waals surface area contributed by atoms with Gasteiger partial charge in [-0.15, -0.1) is 0 Å². The molecule has 1 aromatic rings. The molecule has 0 saturated carbocycles. The zero-order valence-electron chi connectivity index (χ0n) is 12.5. The van der Waals surface area contributed by atoms with E-state index in [4.69, 9.17) is 0 Å². The topological polar surface area (TPSA) is 88.3 Å². The number of piperidine rings is 1. The Labute approximate surface area is 124 Å². The molecule has 1 aliphatic rings. The molecule has 1 fully saturated rings. The normalized spacial score (nSPS) is 19.5. The maximum absolute atomic E-state index is 12.3. The van der Waals surface area contributed by atoms with Crippen LogP contribution in [0.1, 0.15) is 33.1 Å². The minimum Gasteiger partial charge on any atom is -0.481 e. The highest BCUT2D eigenvalue weighted by atomic mass is 16.4. The van der Waals surface area contributed by atoms with E-state index >= 15 is 0 Å². The number of aromatic nitrogens is 3. The number of hydrogen-bond acceptors (Lipinski definition) is 4. The standard InChI is InChI=1S/C14H22N4O3/c1-14(2,13(20)21)11-4-3-6-17(8-11)12(19)5-7-18-10-15-9-16-18/h9-11H,3-8H2,1-2H3,(H,20,21). The van der Waals surface area contributed by atoms with E-state index in [1.807, 2.05) is 0 Å². The number of hydrogen-bond donors (Lipinski definition) is 1. The summed E-state index contributed by atoms with van der Waals surface area (Å²) in [5.41, 5.74) is -0.801. The van der Waals surface area contributed by atoms with Gasteiger partial charge < -0.3 is 10.0 Å². The van der Waals surface area contributed by atoms with Crippen molar-refractivity contribution < 1.29 is 14.7 Å². The van der Waals surface area contributed by atoms with Crippen molar-refractivity contribution in [3.8, 4) is 0 Å². The molecular formula is C14H22N4O3. The molecule has 1 amide bonds. The number of aliphatic carboxylic acids is 1. The van der Waals surface area contributed by atoms with Gasteiger partial charge in [0.15, 0.2) is 0 Å². The second-order valence-corrected chi connectivity index (χ2v) is 6.11. The second-order valence-electron chi connectivity index (χ2n) is 6.11. The monoisotopic (exact) mass is 294 g/mol.